The van der Waals surface area contributed by atoms with Gasteiger partial charge in [-0.2, -0.15) is 10.1 Å². The number of ether oxygens (including phenoxy) is 2. The molecule has 0 amide bonds. The van der Waals surface area contributed by atoms with Crippen LogP contribution >= 0.6 is 0 Å². The van der Waals surface area contributed by atoms with Crippen LogP contribution in [-0.4, -0.2) is 40.1 Å². The van der Waals surface area contributed by atoms with Gasteiger partial charge in [0.1, 0.15) is 30.6 Å². The van der Waals surface area contributed by atoms with Gasteiger partial charge in [0, 0.05) is 11.8 Å². The zero-order chi connectivity index (χ0) is 19.6. The molecule has 0 saturated carbocycles. The number of aromatic nitrogens is 3. The average molecular weight is 378 g/mol. The molecule has 1 atom stereocenters. The largest absolute Gasteiger partial charge is 0.460 e. The van der Waals surface area contributed by atoms with Crippen molar-refractivity contribution in [3.05, 3.63) is 53.0 Å². The molecular formula is C18H20F2N4O3. The zero-order valence-corrected chi connectivity index (χ0v) is 15.2. The van der Waals surface area contributed by atoms with Gasteiger partial charge in [0.25, 0.3) is 0 Å². The number of carbonyl (C=O) groups excluding carboxylic acids is 1. The number of carbonyl (C=O) groups is 1. The van der Waals surface area contributed by atoms with Crippen LogP contribution in [0.3, 0.4) is 0 Å². The molecule has 1 N–H and O–H groups in total. The molecule has 1 aromatic carbocycles. The number of nitrogens with one attached hydrogen (secondary N) is 1. The van der Waals surface area contributed by atoms with E-state index in [9.17, 15) is 13.6 Å². The topological polar surface area (TPSA) is 78.3 Å². The molecule has 0 fully saturated rings. The summed E-state index contributed by atoms with van der Waals surface area (Å²) in [6.45, 7) is 5.72. The quantitative estimate of drug-likeness (QED) is 0.615. The van der Waals surface area contributed by atoms with E-state index in [1.165, 1.54) is 11.0 Å². The van der Waals surface area contributed by atoms with Gasteiger partial charge in [-0.3, -0.25) is 0 Å². The summed E-state index contributed by atoms with van der Waals surface area (Å²) in [4.78, 5) is 16.8. The van der Waals surface area contributed by atoms with Gasteiger partial charge < -0.3 is 14.8 Å². The van der Waals surface area contributed by atoms with E-state index in [1.54, 1.807) is 6.92 Å². The van der Waals surface area contributed by atoms with Crippen molar-refractivity contribution in [3.8, 4) is 0 Å². The minimum Gasteiger partial charge on any atom is -0.460 e. The molecule has 2 heterocycles. The van der Waals surface area contributed by atoms with Crippen LogP contribution in [0.5, 0.6) is 0 Å². The SMILES string of the molecule is CC1=C(C(=O)OCCOC(C)C)C(c2cc(F)cc(F)c2)n2ncnc2N1. The molecule has 144 valence electrons. The fraction of sp³-hybridized carbons (Fsp3) is 0.389. The summed E-state index contributed by atoms with van der Waals surface area (Å²) in [5.41, 5.74) is 0.896. The van der Waals surface area contributed by atoms with E-state index >= 15 is 0 Å². The Hall–Kier alpha value is -2.81. The highest BCUT2D eigenvalue weighted by molar-refractivity contribution is 5.92. The summed E-state index contributed by atoms with van der Waals surface area (Å²) in [6.07, 6.45) is 1.31. The first-order valence-corrected chi connectivity index (χ1v) is 8.49. The molecule has 9 heteroatoms. The van der Waals surface area contributed by atoms with Crippen LogP contribution in [0.25, 0.3) is 0 Å². The van der Waals surface area contributed by atoms with Crippen molar-refractivity contribution < 1.29 is 23.0 Å². The van der Waals surface area contributed by atoms with Crippen LogP contribution in [-0.2, 0) is 14.3 Å². The van der Waals surface area contributed by atoms with Crippen molar-refractivity contribution in [2.45, 2.75) is 32.9 Å². The number of fused-ring (bicyclic) bond motifs is 1. The van der Waals surface area contributed by atoms with Gasteiger partial charge in [0.15, 0.2) is 0 Å². The minimum absolute atomic E-state index is 0.0155. The summed E-state index contributed by atoms with van der Waals surface area (Å²) in [5.74, 6) is -1.76. The Morgan fingerprint density at radius 3 is 2.63 bits per heavy atom. The molecule has 1 aliphatic heterocycles. The highest BCUT2D eigenvalue weighted by Crippen LogP contribution is 2.35. The van der Waals surface area contributed by atoms with Crippen molar-refractivity contribution in [3.63, 3.8) is 0 Å². The van der Waals surface area contributed by atoms with Gasteiger partial charge in [-0.25, -0.2) is 18.3 Å². The second-order valence-corrected chi connectivity index (χ2v) is 6.35. The summed E-state index contributed by atoms with van der Waals surface area (Å²) in [6, 6.07) is 2.22. The third-order valence-corrected chi connectivity index (χ3v) is 3.98. The van der Waals surface area contributed by atoms with Gasteiger partial charge in [0.05, 0.1) is 18.3 Å². The van der Waals surface area contributed by atoms with E-state index in [-0.39, 0.29) is 30.5 Å². The molecule has 0 bridgehead atoms. The first kappa shape index (κ1) is 19.0. The number of esters is 1. The van der Waals surface area contributed by atoms with Crippen LogP contribution in [0, 0.1) is 11.6 Å². The Morgan fingerprint density at radius 1 is 1.26 bits per heavy atom. The van der Waals surface area contributed by atoms with Crippen LogP contribution in [0.2, 0.25) is 0 Å². The molecule has 0 saturated heterocycles. The standard InChI is InChI=1S/C18H20F2N4O3/c1-10(2)26-4-5-27-17(25)15-11(3)23-18-21-9-22-24(18)16(15)12-6-13(19)8-14(20)7-12/h6-10,16H,4-5H2,1-3H3,(H,21,22,23). The lowest BCUT2D eigenvalue weighted by molar-refractivity contribution is -0.141. The van der Waals surface area contributed by atoms with Crippen molar-refractivity contribution in [1.29, 1.82) is 0 Å². The molecule has 1 aliphatic rings. The minimum atomic E-state index is -0.868. The monoisotopic (exact) mass is 378 g/mol. The van der Waals surface area contributed by atoms with Gasteiger partial charge in [0.2, 0.25) is 5.95 Å². The molecule has 0 spiro atoms. The third-order valence-electron chi connectivity index (χ3n) is 3.98. The van der Waals surface area contributed by atoms with Gasteiger partial charge in [-0.1, -0.05) is 0 Å². The van der Waals surface area contributed by atoms with Gasteiger partial charge >= 0.3 is 5.97 Å². The Balaban J connectivity index is 1.93. The number of halogens is 2. The summed E-state index contributed by atoms with van der Waals surface area (Å²) in [7, 11) is 0. The van der Waals surface area contributed by atoms with Crippen LogP contribution in [0.1, 0.15) is 32.4 Å². The van der Waals surface area contributed by atoms with E-state index in [1.807, 2.05) is 13.8 Å². The Morgan fingerprint density at radius 2 is 1.96 bits per heavy atom. The number of allylic oxidation sites excluding steroid dienone is 1. The Kier molecular flexibility index (Phi) is 5.50. The first-order chi connectivity index (χ1) is 12.9. The maximum absolute atomic E-state index is 13.8. The van der Waals surface area contributed by atoms with E-state index in [0.717, 1.165) is 18.2 Å². The number of hydrogen-bond acceptors (Lipinski definition) is 6. The Bertz CT molecular complexity index is 859. The summed E-state index contributed by atoms with van der Waals surface area (Å²) in [5, 5.41) is 7.05. The van der Waals surface area contributed by atoms with Crippen molar-refractivity contribution >= 4 is 11.9 Å². The molecule has 2 aromatic rings. The lowest BCUT2D eigenvalue weighted by atomic mass is 9.95. The molecule has 0 aliphatic carbocycles. The number of nitrogens with zero attached hydrogens (tertiary/aromatic N) is 3. The van der Waals surface area contributed by atoms with E-state index in [2.05, 4.69) is 15.4 Å². The predicted octanol–water partition coefficient (Wildman–Crippen LogP) is 2.81. The third kappa shape index (κ3) is 4.13. The second-order valence-electron chi connectivity index (χ2n) is 6.35. The van der Waals surface area contributed by atoms with Crippen LogP contribution in [0.4, 0.5) is 14.7 Å². The smallest absolute Gasteiger partial charge is 0.338 e. The van der Waals surface area contributed by atoms with Gasteiger partial charge in [-0.15, -0.1) is 0 Å². The van der Waals surface area contributed by atoms with E-state index in [0.29, 0.717) is 11.6 Å². The summed E-state index contributed by atoms with van der Waals surface area (Å²) < 4.78 is 39.6. The molecule has 0 radical (unpaired) electrons. The molecular weight excluding hydrogens is 358 g/mol. The highest BCUT2D eigenvalue weighted by atomic mass is 19.1. The maximum Gasteiger partial charge on any atom is 0.338 e. The lowest BCUT2D eigenvalue weighted by Gasteiger charge is -2.28. The highest BCUT2D eigenvalue weighted by Gasteiger charge is 2.34. The first-order valence-electron chi connectivity index (χ1n) is 8.49. The second kappa shape index (κ2) is 7.83. The number of hydrogen-bond donors (Lipinski definition) is 1. The normalized spacial score (nSPS) is 16.3. The number of rotatable bonds is 6. The molecule has 27 heavy (non-hydrogen) atoms. The van der Waals surface area contributed by atoms with E-state index in [4.69, 9.17) is 9.47 Å². The molecule has 1 aromatic heterocycles. The van der Waals surface area contributed by atoms with Gasteiger partial charge in [-0.05, 0) is 38.5 Å². The Labute approximate surface area is 155 Å². The maximum atomic E-state index is 13.8. The number of anilines is 1. The van der Waals surface area contributed by atoms with Crippen LogP contribution < -0.4 is 5.32 Å². The predicted molar refractivity (Wildman–Crippen MR) is 92.9 cm³/mol. The van der Waals surface area contributed by atoms with Crippen LogP contribution in [0.15, 0.2) is 35.8 Å². The van der Waals surface area contributed by atoms with Crippen molar-refractivity contribution in [2.75, 3.05) is 18.5 Å². The zero-order valence-electron chi connectivity index (χ0n) is 15.2. The van der Waals surface area contributed by atoms with E-state index < -0.39 is 23.6 Å². The summed E-state index contributed by atoms with van der Waals surface area (Å²) >= 11 is 0. The molecule has 7 nitrogen and oxygen atoms in total. The molecule has 1 unspecified atom stereocenters. The fourth-order valence-corrected chi connectivity index (χ4v) is 2.89. The molecule has 3 rings (SSSR count). The lowest BCUT2D eigenvalue weighted by Crippen LogP contribution is -2.30. The number of benzene rings is 1. The van der Waals surface area contributed by atoms with Crippen molar-refractivity contribution in [1.82, 2.24) is 14.8 Å². The average Bonchev–Trinajstić information content (AvgIpc) is 3.04. The van der Waals surface area contributed by atoms with Crippen molar-refractivity contribution in [2.24, 2.45) is 0 Å². The fourth-order valence-electron chi connectivity index (χ4n) is 2.89.